The van der Waals surface area contributed by atoms with Crippen LogP contribution in [0.3, 0.4) is 0 Å². The lowest BCUT2D eigenvalue weighted by Gasteiger charge is -2.17. The first-order valence-corrected chi connectivity index (χ1v) is 7.25. The summed E-state index contributed by atoms with van der Waals surface area (Å²) in [6.45, 7) is 2.63. The third kappa shape index (κ3) is 2.47. The fraction of sp³-hybridized carbons (Fsp3) is 0.455. The highest BCUT2D eigenvalue weighted by Gasteiger charge is 2.31. The van der Waals surface area contributed by atoms with Gasteiger partial charge < -0.3 is 5.73 Å². The normalized spacial score (nSPS) is 21.9. The summed E-state index contributed by atoms with van der Waals surface area (Å²) in [5, 5.41) is 0.428. The number of hydrogen-bond acceptors (Lipinski definition) is 3. The highest BCUT2D eigenvalue weighted by atomic mass is 35.5. The fourth-order valence-corrected chi connectivity index (χ4v) is 3.96. The number of benzene rings is 1. The summed E-state index contributed by atoms with van der Waals surface area (Å²) in [6, 6.07) is 4.83. The molecule has 1 saturated heterocycles. The van der Waals surface area contributed by atoms with E-state index in [0.29, 0.717) is 30.1 Å². The number of hydrogen-bond donors (Lipinski definition) is 1. The number of nitrogens with zero attached hydrogens (tertiary/aromatic N) is 1. The van der Waals surface area contributed by atoms with Crippen molar-refractivity contribution in [1.82, 2.24) is 4.31 Å². The molecule has 1 fully saturated rings. The zero-order valence-corrected chi connectivity index (χ0v) is 11.1. The first kappa shape index (κ1) is 12.8. The van der Waals surface area contributed by atoms with Crippen molar-refractivity contribution in [3.8, 4) is 0 Å². The Labute approximate surface area is 106 Å². The van der Waals surface area contributed by atoms with E-state index in [1.54, 1.807) is 19.1 Å². The van der Waals surface area contributed by atoms with Gasteiger partial charge in [0.15, 0.2) is 0 Å². The van der Waals surface area contributed by atoms with Crippen LogP contribution in [0.2, 0.25) is 5.02 Å². The minimum atomic E-state index is -3.46. The van der Waals surface area contributed by atoms with Crippen molar-refractivity contribution in [2.45, 2.75) is 24.3 Å². The van der Waals surface area contributed by atoms with Crippen molar-refractivity contribution >= 4 is 21.6 Å². The van der Waals surface area contributed by atoms with Gasteiger partial charge in [0.1, 0.15) is 0 Å². The van der Waals surface area contributed by atoms with Gasteiger partial charge in [-0.3, -0.25) is 0 Å². The Morgan fingerprint density at radius 2 is 2.18 bits per heavy atom. The molecule has 1 aliphatic heterocycles. The lowest BCUT2D eigenvalue weighted by molar-refractivity contribution is 0.472. The Kier molecular flexibility index (Phi) is 3.45. The molecule has 0 amide bonds. The molecule has 0 radical (unpaired) electrons. The van der Waals surface area contributed by atoms with E-state index in [9.17, 15) is 8.42 Å². The van der Waals surface area contributed by atoms with Gasteiger partial charge in [-0.2, -0.15) is 4.31 Å². The van der Waals surface area contributed by atoms with Crippen LogP contribution in [0.4, 0.5) is 0 Å². The molecule has 94 valence electrons. The number of rotatable bonds is 2. The first-order chi connectivity index (χ1) is 7.91. The average molecular weight is 275 g/mol. The highest BCUT2D eigenvalue weighted by molar-refractivity contribution is 7.89. The minimum absolute atomic E-state index is 0.0655. The van der Waals surface area contributed by atoms with Crippen molar-refractivity contribution < 1.29 is 8.42 Å². The summed E-state index contributed by atoms with van der Waals surface area (Å²) in [7, 11) is -3.46. The standard InChI is InChI=1S/C11H15ClN2O2S/c1-8-2-3-9(12)6-11(8)17(15,16)14-5-4-10(13)7-14/h2-3,6,10H,4-5,7,13H2,1H3. The van der Waals surface area contributed by atoms with E-state index >= 15 is 0 Å². The Bertz CT molecular complexity index is 530. The molecule has 2 N–H and O–H groups in total. The predicted molar refractivity (Wildman–Crippen MR) is 67.5 cm³/mol. The maximum atomic E-state index is 12.4. The van der Waals surface area contributed by atoms with E-state index < -0.39 is 10.0 Å². The van der Waals surface area contributed by atoms with Crippen LogP contribution in [0.1, 0.15) is 12.0 Å². The smallest absolute Gasteiger partial charge is 0.243 e. The number of nitrogens with two attached hydrogens (primary N) is 1. The van der Waals surface area contributed by atoms with Crippen LogP contribution in [0, 0.1) is 6.92 Å². The molecule has 0 bridgehead atoms. The van der Waals surface area contributed by atoms with Gasteiger partial charge in [0, 0.05) is 24.2 Å². The summed E-state index contributed by atoms with van der Waals surface area (Å²) < 4.78 is 26.2. The van der Waals surface area contributed by atoms with Crippen LogP contribution in [0.25, 0.3) is 0 Å². The Hall–Kier alpha value is -0.620. The van der Waals surface area contributed by atoms with Crippen molar-refractivity contribution in [3.05, 3.63) is 28.8 Å². The quantitative estimate of drug-likeness (QED) is 0.886. The van der Waals surface area contributed by atoms with E-state index in [-0.39, 0.29) is 10.9 Å². The molecule has 1 unspecified atom stereocenters. The van der Waals surface area contributed by atoms with E-state index in [0.717, 1.165) is 0 Å². The zero-order chi connectivity index (χ0) is 12.6. The van der Waals surface area contributed by atoms with E-state index in [2.05, 4.69) is 0 Å². The molecule has 0 spiro atoms. The second kappa shape index (κ2) is 4.57. The second-order valence-corrected chi connectivity index (χ2v) is 6.66. The molecule has 6 heteroatoms. The van der Waals surface area contributed by atoms with Gasteiger partial charge >= 0.3 is 0 Å². The highest BCUT2D eigenvalue weighted by Crippen LogP contribution is 2.25. The first-order valence-electron chi connectivity index (χ1n) is 5.43. The molecule has 1 aliphatic rings. The molecule has 1 heterocycles. The van der Waals surface area contributed by atoms with Crippen molar-refractivity contribution in [1.29, 1.82) is 0 Å². The van der Waals surface area contributed by atoms with Gasteiger partial charge in [0.25, 0.3) is 0 Å². The predicted octanol–water partition coefficient (Wildman–Crippen LogP) is 1.37. The van der Waals surface area contributed by atoms with Crippen molar-refractivity contribution in [3.63, 3.8) is 0 Å². The molecule has 1 aromatic rings. The molecule has 0 saturated carbocycles. The average Bonchev–Trinajstić information content (AvgIpc) is 2.69. The monoisotopic (exact) mass is 274 g/mol. The zero-order valence-electron chi connectivity index (χ0n) is 9.56. The molecular formula is C11H15ClN2O2S. The van der Waals surface area contributed by atoms with Crippen LogP contribution in [-0.4, -0.2) is 31.9 Å². The van der Waals surface area contributed by atoms with Gasteiger partial charge in [0.05, 0.1) is 4.90 Å². The summed E-state index contributed by atoms with van der Waals surface area (Å²) >= 11 is 5.85. The largest absolute Gasteiger partial charge is 0.326 e. The van der Waals surface area contributed by atoms with Gasteiger partial charge in [-0.1, -0.05) is 17.7 Å². The molecule has 1 aromatic carbocycles. The number of sulfonamides is 1. The number of halogens is 1. The van der Waals surface area contributed by atoms with Crippen LogP contribution >= 0.6 is 11.6 Å². The molecule has 4 nitrogen and oxygen atoms in total. The van der Waals surface area contributed by atoms with E-state index in [1.165, 1.54) is 10.4 Å². The molecule has 0 aliphatic carbocycles. The fourth-order valence-electron chi connectivity index (χ4n) is 1.96. The molecule has 17 heavy (non-hydrogen) atoms. The van der Waals surface area contributed by atoms with Gasteiger partial charge in [-0.25, -0.2) is 8.42 Å². The van der Waals surface area contributed by atoms with Crippen LogP contribution in [0.5, 0.6) is 0 Å². The van der Waals surface area contributed by atoms with E-state index in [4.69, 9.17) is 17.3 Å². The summed E-state index contributed by atoms with van der Waals surface area (Å²) in [6.07, 6.45) is 0.707. The Morgan fingerprint density at radius 1 is 1.47 bits per heavy atom. The molecule has 0 aromatic heterocycles. The lowest BCUT2D eigenvalue weighted by Crippen LogP contribution is -2.32. The van der Waals surface area contributed by atoms with Crippen LogP contribution < -0.4 is 5.73 Å². The summed E-state index contributed by atoms with van der Waals surface area (Å²) in [5.74, 6) is 0. The second-order valence-electron chi connectivity index (χ2n) is 4.32. The lowest BCUT2D eigenvalue weighted by atomic mass is 10.2. The van der Waals surface area contributed by atoms with Gasteiger partial charge in [-0.15, -0.1) is 0 Å². The van der Waals surface area contributed by atoms with Crippen LogP contribution in [-0.2, 0) is 10.0 Å². The maximum Gasteiger partial charge on any atom is 0.243 e. The summed E-state index contributed by atoms with van der Waals surface area (Å²) in [4.78, 5) is 0.277. The third-order valence-electron chi connectivity index (χ3n) is 2.96. The number of aryl methyl sites for hydroxylation is 1. The molecule has 1 atom stereocenters. The van der Waals surface area contributed by atoms with Gasteiger partial charge in [0.2, 0.25) is 10.0 Å². The van der Waals surface area contributed by atoms with Crippen LogP contribution in [0.15, 0.2) is 23.1 Å². The van der Waals surface area contributed by atoms with E-state index in [1.807, 2.05) is 0 Å². The van der Waals surface area contributed by atoms with Crippen molar-refractivity contribution in [2.75, 3.05) is 13.1 Å². The minimum Gasteiger partial charge on any atom is -0.326 e. The SMILES string of the molecule is Cc1ccc(Cl)cc1S(=O)(=O)N1CCC(N)C1. The van der Waals surface area contributed by atoms with Gasteiger partial charge in [-0.05, 0) is 31.0 Å². The van der Waals surface area contributed by atoms with Crippen molar-refractivity contribution in [2.24, 2.45) is 5.73 Å². The summed E-state index contributed by atoms with van der Waals surface area (Å²) in [5.41, 5.74) is 6.44. The Morgan fingerprint density at radius 3 is 2.76 bits per heavy atom. The molecular weight excluding hydrogens is 260 g/mol. The third-order valence-corrected chi connectivity index (χ3v) is 5.20. The maximum absolute atomic E-state index is 12.4. The Balaban J connectivity index is 2.41. The topological polar surface area (TPSA) is 63.4 Å². The molecule has 2 rings (SSSR count).